The van der Waals surface area contributed by atoms with E-state index in [4.69, 9.17) is 0 Å². The van der Waals surface area contributed by atoms with Crippen LogP contribution in [0.1, 0.15) is 10.4 Å². The van der Waals surface area contributed by atoms with Crippen LogP contribution in [-0.4, -0.2) is 25.0 Å². The van der Waals surface area contributed by atoms with Crippen LogP contribution in [0.25, 0.3) is 0 Å². The minimum Gasteiger partial charge on any atom is -0.485 e. The molecule has 0 spiro atoms. The number of rotatable bonds is 4. The van der Waals surface area contributed by atoms with E-state index < -0.39 is 18.7 Å². The van der Waals surface area contributed by atoms with Gasteiger partial charge in [0, 0.05) is 0 Å². The van der Waals surface area contributed by atoms with Crippen LogP contribution in [0.4, 0.5) is 22.0 Å². The second-order valence-electron chi connectivity index (χ2n) is 3.27. The first-order valence-corrected chi connectivity index (χ1v) is 5.58. The highest BCUT2D eigenvalue weighted by Crippen LogP contribution is 2.36. The van der Waals surface area contributed by atoms with Gasteiger partial charge in [-0.05, 0) is 34.7 Å². The molecule has 100 valence electrons. The number of aldehydes is 1. The van der Waals surface area contributed by atoms with Crippen molar-refractivity contribution in [2.45, 2.75) is 12.1 Å². The average Bonchev–Trinajstić information content (AvgIpc) is 2.25. The Bertz CT molecular complexity index is 444. The molecule has 0 amide bonds. The maximum atomic E-state index is 12.6. The zero-order valence-electron chi connectivity index (χ0n) is 8.60. The summed E-state index contributed by atoms with van der Waals surface area (Å²) < 4.78 is 65.8. The Hall–Kier alpha value is -0.930. The van der Waals surface area contributed by atoms with Gasteiger partial charge < -0.3 is 4.74 Å². The zero-order chi connectivity index (χ0) is 14.0. The molecule has 2 nitrogen and oxygen atoms in total. The Morgan fingerprint density at radius 2 is 1.83 bits per heavy atom. The molecule has 0 aliphatic heterocycles. The van der Waals surface area contributed by atoms with Gasteiger partial charge in [0.1, 0.15) is 5.75 Å². The summed E-state index contributed by atoms with van der Waals surface area (Å²) in [6.07, 6.45) is -5.36. The van der Waals surface area contributed by atoms with Crippen molar-refractivity contribution >= 4 is 28.9 Å². The first-order chi connectivity index (χ1) is 8.19. The molecule has 0 radical (unpaired) electrons. The molecule has 0 fully saturated rings. The molecule has 0 N–H and O–H groups in total. The van der Waals surface area contributed by atoms with Gasteiger partial charge in [-0.15, -0.1) is 0 Å². The van der Waals surface area contributed by atoms with E-state index in [0.29, 0.717) is 6.29 Å². The summed E-state index contributed by atoms with van der Waals surface area (Å²) in [5.74, 6) is -5.25. The molecule has 1 aromatic carbocycles. The minimum absolute atomic E-state index is 0.0834. The van der Waals surface area contributed by atoms with E-state index in [9.17, 15) is 26.7 Å². The van der Waals surface area contributed by atoms with Crippen LogP contribution >= 0.6 is 22.6 Å². The van der Waals surface area contributed by atoms with Crippen LogP contribution in [0.5, 0.6) is 5.75 Å². The smallest absolute Gasteiger partial charge is 0.456 e. The van der Waals surface area contributed by atoms with Crippen molar-refractivity contribution in [2.75, 3.05) is 6.61 Å². The van der Waals surface area contributed by atoms with Gasteiger partial charge in [0.15, 0.2) is 12.9 Å². The van der Waals surface area contributed by atoms with Crippen molar-refractivity contribution in [2.24, 2.45) is 0 Å². The Morgan fingerprint density at radius 1 is 1.22 bits per heavy atom. The first-order valence-electron chi connectivity index (χ1n) is 4.50. The van der Waals surface area contributed by atoms with Crippen molar-refractivity contribution in [3.8, 4) is 5.75 Å². The molecule has 0 aromatic heterocycles. The van der Waals surface area contributed by atoms with Gasteiger partial charge in [-0.25, -0.2) is 0 Å². The summed E-state index contributed by atoms with van der Waals surface area (Å²) in [4.78, 5) is 10.6. The first kappa shape index (κ1) is 15.1. The molecule has 0 atom stereocenters. The van der Waals surface area contributed by atoms with Gasteiger partial charge in [-0.2, -0.15) is 22.0 Å². The molecule has 1 aromatic rings. The number of alkyl halides is 5. The number of ether oxygens (including phenoxy) is 1. The Morgan fingerprint density at radius 3 is 2.33 bits per heavy atom. The predicted octanol–water partition coefficient (Wildman–Crippen LogP) is 3.68. The lowest BCUT2D eigenvalue weighted by atomic mass is 10.2. The van der Waals surface area contributed by atoms with Crippen LogP contribution < -0.4 is 4.74 Å². The lowest BCUT2D eigenvalue weighted by molar-refractivity contribution is -0.290. The SMILES string of the molecule is O=Cc1cccc(I)c1OCC(F)(F)C(F)(F)F. The van der Waals surface area contributed by atoms with Crippen molar-refractivity contribution in [3.63, 3.8) is 0 Å². The Balaban J connectivity index is 2.91. The van der Waals surface area contributed by atoms with Gasteiger partial charge in [0.2, 0.25) is 0 Å². The summed E-state index contributed by atoms with van der Waals surface area (Å²) in [6.45, 7) is -1.86. The van der Waals surface area contributed by atoms with Crippen molar-refractivity contribution in [1.82, 2.24) is 0 Å². The molecule has 0 aliphatic carbocycles. The van der Waals surface area contributed by atoms with Crippen LogP contribution in [0.15, 0.2) is 18.2 Å². The summed E-state index contributed by atoms with van der Waals surface area (Å²) in [7, 11) is 0. The number of hydrogen-bond donors (Lipinski definition) is 0. The molecular weight excluding hydrogens is 374 g/mol. The molecule has 0 bridgehead atoms. The number of benzene rings is 1. The highest BCUT2D eigenvalue weighted by atomic mass is 127. The maximum absolute atomic E-state index is 12.6. The fourth-order valence-electron chi connectivity index (χ4n) is 1.02. The largest absolute Gasteiger partial charge is 0.485 e. The van der Waals surface area contributed by atoms with Crippen LogP contribution in [0.2, 0.25) is 0 Å². The normalized spacial score (nSPS) is 12.3. The molecule has 0 unspecified atom stereocenters. The average molecular weight is 380 g/mol. The molecular formula is C10H6F5IO2. The third kappa shape index (κ3) is 3.30. The summed E-state index contributed by atoms with van der Waals surface area (Å²) in [6, 6.07) is 4.14. The van der Waals surface area contributed by atoms with Crippen molar-refractivity contribution < 1.29 is 31.5 Å². The second kappa shape index (κ2) is 5.37. The molecule has 18 heavy (non-hydrogen) atoms. The van der Waals surface area contributed by atoms with Gasteiger partial charge in [0.25, 0.3) is 0 Å². The molecule has 8 heteroatoms. The fraction of sp³-hybridized carbons (Fsp3) is 0.300. The standard InChI is InChI=1S/C10H6F5IO2/c11-9(12,10(13,14)15)5-18-8-6(4-17)2-1-3-7(8)16/h1-4H,5H2. The third-order valence-electron chi connectivity index (χ3n) is 1.94. The topological polar surface area (TPSA) is 26.3 Å². The van der Waals surface area contributed by atoms with Crippen LogP contribution in [-0.2, 0) is 0 Å². The van der Waals surface area contributed by atoms with Crippen LogP contribution in [0.3, 0.4) is 0 Å². The molecule has 0 aliphatic rings. The van der Waals surface area contributed by atoms with Gasteiger partial charge in [-0.3, -0.25) is 4.79 Å². The fourth-order valence-corrected chi connectivity index (χ4v) is 1.69. The lowest BCUT2D eigenvalue weighted by Gasteiger charge is -2.20. The van der Waals surface area contributed by atoms with E-state index >= 15 is 0 Å². The monoisotopic (exact) mass is 380 g/mol. The van der Waals surface area contributed by atoms with E-state index in [0.717, 1.165) is 0 Å². The van der Waals surface area contributed by atoms with Gasteiger partial charge in [0.05, 0.1) is 9.13 Å². The third-order valence-corrected chi connectivity index (χ3v) is 2.79. The van der Waals surface area contributed by atoms with Crippen LogP contribution in [0, 0.1) is 3.57 Å². The number of carbonyl (C=O) groups excluding carboxylic acids is 1. The molecule has 0 saturated carbocycles. The second-order valence-corrected chi connectivity index (χ2v) is 4.43. The zero-order valence-corrected chi connectivity index (χ0v) is 10.8. The number of hydrogen-bond acceptors (Lipinski definition) is 2. The highest BCUT2D eigenvalue weighted by molar-refractivity contribution is 14.1. The maximum Gasteiger partial charge on any atom is 0.456 e. The van der Waals surface area contributed by atoms with E-state index in [1.165, 1.54) is 18.2 Å². The summed E-state index contributed by atoms with van der Waals surface area (Å²) >= 11 is 1.67. The van der Waals surface area contributed by atoms with E-state index in [2.05, 4.69) is 4.74 Å². The molecule has 0 heterocycles. The Kier molecular flexibility index (Phi) is 4.51. The number of para-hydroxylation sites is 1. The Labute approximate surface area is 112 Å². The lowest BCUT2D eigenvalue weighted by Crippen LogP contribution is -2.41. The minimum atomic E-state index is -5.69. The van der Waals surface area contributed by atoms with E-state index in [1.807, 2.05) is 0 Å². The quantitative estimate of drug-likeness (QED) is 0.453. The highest BCUT2D eigenvalue weighted by Gasteiger charge is 2.58. The van der Waals surface area contributed by atoms with Crippen molar-refractivity contribution in [1.29, 1.82) is 0 Å². The molecule has 1 rings (SSSR count). The summed E-state index contributed by atoms with van der Waals surface area (Å²) in [5, 5.41) is 0. The predicted molar refractivity (Wildman–Crippen MR) is 61.0 cm³/mol. The van der Waals surface area contributed by atoms with E-state index in [1.54, 1.807) is 22.6 Å². The van der Waals surface area contributed by atoms with Crippen molar-refractivity contribution in [3.05, 3.63) is 27.3 Å². The summed E-state index contributed by atoms with van der Waals surface area (Å²) in [5.41, 5.74) is -0.0834. The van der Waals surface area contributed by atoms with Gasteiger partial charge in [-0.1, -0.05) is 6.07 Å². The van der Waals surface area contributed by atoms with E-state index in [-0.39, 0.29) is 14.9 Å². The number of halogens is 6. The van der Waals surface area contributed by atoms with Gasteiger partial charge >= 0.3 is 12.1 Å². The number of carbonyl (C=O) groups is 1. The molecule has 0 saturated heterocycles.